The second-order valence-corrected chi connectivity index (χ2v) is 7.36. The normalized spacial score (nSPS) is 17.8. The van der Waals surface area contributed by atoms with Gasteiger partial charge in [-0.2, -0.15) is 4.31 Å². The number of benzene rings is 1. The van der Waals surface area contributed by atoms with E-state index in [-0.39, 0.29) is 0 Å². The Kier molecular flexibility index (Phi) is 5.61. The predicted molar refractivity (Wildman–Crippen MR) is 83.0 cm³/mol. The summed E-state index contributed by atoms with van der Waals surface area (Å²) < 4.78 is 32.0. The van der Waals surface area contributed by atoms with Crippen molar-refractivity contribution in [1.82, 2.24) is 9.62 Å². The molecular formula is C15H24N2O3S. The van der Waals surface area contributed by atoms with Gasteiger partial charge in [0.1, 0.15) is 5.75 Å². The van der Waals surface area contributed by atoms with E-state index in [9.17, 15) is 8.42 Å². The van der Waals surface area contributed by atoms with E-state index in [0.717, 1.165) is 25.8 Å². The average Bonchev–Trinajstić information content (AvgIpc) is 2.53. The molecule has 0 aliphatic carbocycles. The highest BCUT2D eigenvalue weighted by Crippen LogP contribution is 2.26. The van der Waals surface area contributed by atoms with Crippen molar-refractivity contribution in [3.05, 3.63) is 24.3 Å². The summed E-state index contributed by atoms with van der Waals surface area (Å²) in [5, 5.41) is 3.15. The van der Waals surface area contributed by atoms with Crippen LogP contribution in [0.25, 0.3) is 0 Å². The van der Waals surface area contributed by atoms with Crippen LogP contribution in [0.4, 0.5) is 0 Å². The molecule has 0 atom stereocenters. The molecule has 1 fully saturated rings. The van der Waals surface area contributed by atoms with Crippen molar-refractivity contribution in [2.75, 3.05) is 33.8 Å². The molecule has 1 N–H and O–H groups in total. The zero-order valence-corrected chi connectivity index (χ0v) is 13.5. The van der Waals surface area contributed by atoms with Crippen molar-refractivity contribution in [2.45, 2.75) is 24.2 Å². The molecule has 1 aliphatic heterocycles. The lowest BCUT2D eigenvalue weighted by molar-refractivity contribution is 0.263. The molecule has 2 rings (SSSR count). The van der Waals surface area contributed by atoms with Gasteiger partial charge in [-0.3, -0.25) is 0 Å². The molecule has 1 heterocycles. The first-order chi connectivity index (χ1) is 10.1. The standard InChI is InChI=1S/C15H24N2O3S/c1-16-9-6-13-7-10-17(11-8-13)21(18,19)15-5-3-4-14(12-15)20-2/h3-5,12-13,16H,6-11H2,1-2H3. The monoisotopic (exact) mass is 312 g/mol. The topological polar surface area (TPSA) is 58.6 Å². The van der Waals surface area contributed by atoms with Gasteiger partial charge in [-0.1, -0.05) is 6.07 Å². The van der Waals surface area contributed by atoms with Gasteiger partial charge < -0.3 is 10.1 Å². The quantitative estimate of drug-likeness (QED) is 0.869. The summed E-state index contributed by atoms with van der Waals surface area (Å²) in [6.07, 6.45) is 2.99. The number of nitrogens with one attached hydrogen (secondary N) is 1. The second-order valence-electron chi connectivity index (χ2n) is 5.42. The molecule has 0 spiro atoms. The summed E-state index contributed by atoms with van der Waals surface area (Å²) in [5.74, 6) is 1.19. The van der Waals surface area contributed by atoms with E-state index in [1.807, 2.05) is 7.05 Å². The molecule has 1 aliphatic rings. The largest absolute Gasteiger partial charge is 0.497 e. The molecule has 0 radical (unpaired) electrons. The lowest BCUT2D eigenvalue weighted by Crippen LogP contribution is -2.38. The summed E-state index contributed by atoms with van der Waals surface area (Å²) in [6, 6.07) is 6.68. The maximum absolute atomic E-state index is 12.6. The molecule has 0 saturated carbocycles. The van der Waals surface area contributed by atoms with Crippen molar-refractivity contribution >= 4 is 10.0 Å². The molecule has 1 saturated heterocycles. The minimum Gasteiger partial charge on any atom is -0.497 e. The first-order valence-electron chi connectivity index (χ1n) is 7.36. The lowest BCUT2D eigenvalue weighted by Gasteiger charge is -2.31. The minimum absolute atomic E-state index is 0.315. The Bertz CT molecular complexity index is 552. The third kappa shape index (κ3) is 3.96. The Labute approximate surface area is 127 Å². The Morgan fingerprint density at radius 2 is 2.05 bits per heavy atom. The Balaban J connectivity index is 2.04. The number of sulfonamides is 1. The molecule has 6 heteroatoms. The van der Waals surface area contributed by atoms with Crippen LogP contribution in [0.5, 0.6) is 5.75 Å². The zero-order chi connectivity index (χ0) is 15.3. The fourth-order valence-corrected chi connectivity index (χ4v) is 4.20. The maximum Gasteiger partial charge on any atom is 0.243 e. The van der Waals surface area contributed by atoms with Crippen LogP contribution in [0.1, 0.15) is 19.3 Å². The number of hydrogen-bond acceptors (Lipinski definition) is 4. The van der Waals surface area contributed by atoms with E-state index in [1.165, 1.54) is 0 Å². The van der Waals surface area contributed by atoms with Gasteiger partial charge in [0.25, 0.3) is 0 Å². The molecular weight excluding hydrogens is 288 g/mol. The molecule has 0 bridgehead atoms. The van der Waals surface area contributed by atoms with Crippen molar-refractivity contribution in [1.29, 1.82) is 0 Å². The van der Waals surface area contributed by atoms with Crippen LogP contribution in [0.3, 0.4) is 0 Å². The van der Waals surface area contributed by atoms with Crippen LogP contribution < -0.4 is 10.1 Å². The highest BCUT2D eigenvalue weighted by Gasteiger charge is 2.29. The number of piperidine rings is 1. The molecule has 0 aromatic heterocycles. The smallest absolute Gasteiger partial charge is 0.243 e. The average molecular weight is 312 g/mol. The van der Waals surface area contributed by atoms with Crippen LogP contribution >= 0.6 is 0 Å². The van der Waals surface area contributed by atoms with Crippen LogP contribution in [0.2, 0.25) is 0 Å². The summed E-state index contributed by atoms with van der Waals surface area (Å²) in [4.78, 5) is 0.315. The van der Waals surface area contributed by atoms with Crippen molar-refractivity contribution in [3.8, 4) is 5.75 Å². The van der Waals surface area contributed by atoms with E-state index < -0.39 is 10.0 Å². The molecule has 0 amide bonds. The highest BCUT2D eigenvalue weighted by atomic mass is 32.2. The summed E-state index contributed by atoms with van der Waals surface area (Å²) >= 11 is 0. The second kappa shape index (κ2) is 7.24. The van der Waals surface area contributed by atoms with Crippen molar-refractivity contribution < 1.29 is 13.2 Å². The number of ether oxygens (including phenoxy) is 1. The van der Waals surface area contributed by atoms with Crippen molar-refractivity contribution in [2.24, 2.45) is 5.92 Å². The Hall–Kier alpha value is -1.11. The van der Waals surface area contributed by atoms with Gasteiger partial charge in [0, 0.05) is 19.2 Å². The number of rotatable bonds is 6. The van der Waals surface area contributed by atoms with Crippen molar-refractivity contribution in [3.63, 3.8) is 0 Å². The maximum atomic E-state index is 12.6. The van der Waals surface area contributed by atoms with Gasteiger partial charge in [-0.05, 0) is 50.9 Å². The van der Waals surface area contributed by atoms with Gasteiger partial charge in [-0.25, -0.2) is 8.42 Å². The first-order valence-corrected chi connectivity index (χ1v) is 8.80. The number of hydrogen-bond donors (Lipinski definition) is 1. The summed E-state index contributed by atoms with van der Waals surface area (Å²) in [5.41, 5.74) is 0. The number of methoxy groups -OCH3 is 1. The molecule has 5 nitrogen and oxygen atoms in total. The molecule has 118 valence electrons. The summed E-state index contributed by atoms with van der Waals surface area (Å²) in [6.45, 7) is 2.20. The first kappa shape index (κ1) is 16.3. The van der Waals surface area contributed by atoms with E-state index in [4.69, 9.17) is 4.74 Å². The van der Waals surface area contributed by atoms with Crippen LogP contribution in [0, 0.1) is 5.92 Å². The minimum atomic E-state index is -3.40. The van der Waals surface area contributed by atoms with E-state index in [2.05, 4.69) is 5.32 Å². The summed E-state index contributed by atoms with van der Waals surface area (Å²) in [7, 11) is 0.0866. The Morgan fingerprint density at radius 1 is 1.33 bits per heavy atom. The number of nitrogens with zero attached hydrogens (tertiary/aromatic N) is 1. The van der Waals surface area contributed by atoms with Gasteiger partial charge >= 0.3 is 0 Å². The van der Waals surface area contributed by atoms with E-state index in [1.54, 1.807) is 35.7 Å². The van der Waals surface area contributed by atoms with Gasteiger partial charge in [0.2, 0.25) is 10.0 Å². The van der Waals surface area contributed by atoms with E-state index >= 15 is 0 Å². The third-order valence-electron chi connectivity index (χ3n) is 4.06. The molecule has 0 unspecified atom stereocenters. The van der Waals surface area contributed by atoms with Gasteiger partial charge in [0.15, 0.2) is 0 Å². The molecule has 1 aromatic carbocycles. The van der Waals surface area contributed by atoms with E-state index in [0.29, 0.717) is 29.7 Å². The fraction of sp³-hybridized carbons (Fsp3) is 0.600. The van der Waals surface area contributed by atoms with Gasteiger partial charge in [-0.15, -0.1) is 0 Å². The van der Waals surface area contributed by atoms with Gasteiger partial charge in [0.05, 0.1) is 12.0 Å². The molecule has 21 heavy (non-hydrogen) atoms. The lowest BCUT2D eigenvalue weighted by atomic mass is 9.95. The molecule has 1 aromatic rings. The zero-order valence-electron chi connectivity index (χ0n) is 12.7. The van der Waals surface area contributed by atoms with Crippen LogP contribution in [-0.2, 0) is 10.0 Å². The highest BCUT2D eigenvalue weighted by molar-refractivity contribution is 7.89. The predicted octanol–water partition coefficient (Wildman–Crippen LogP) is 1.71. The third-order valence-corrected chi connectivity index (χ3v) is 5.95. The fourth-order valence-electron chi connectivity index (χ4n) is 2.70. The van der Waals surface area contributed by atoms with Crippen LogP contribution in [0.15, 0.2) is 29.2 Å². The SMILES string of the molecule is CNCCC1CCN(S(=O)(=O)c2cccc(OC)c2)CC1. The van der Waals surface area contributed by atoms with Crippen LogP contribution in [-0.4, -0.2) is 46.5 Å². The Morgan fingerprint density at radius 3 is 2.67 bits per heavy atom.